The van der Waals surface area contributed by atoms with Crippen LogP contribution in [0, 0.1) is 6.92 Å². The molecule has 1 aromatic heterocycles. The third-order valence-corrected chi connectivity index (χ3v) is 1.74. The Kier molecular flexibility index (Phi) is 3.95. The van der Waals surface area contributed by atoms with Gasteiger partial charge in [0, 0.05) is 7.11 Å². The van der Waals surface area contributed by atoms with Gasteiger partial charge in [-0.15, -0.1) is 5.10 Å². The molecular weight excluding hydrogens is 216 g/mol. The van der Waals surface area contributed by atoms with Gasteiger partial charge in [0.1, 0.15) is 5.82 Å². The molecule has 0 saturated heterocycles. The Morgan fingerprint density at radius 2 is 2.31 bits per heavy atom. The highest BCUT2D eigenvalue weighted by molar-refractivity contribution is 5.93. The molecule has 0 spiro atoms. The minimum atomic E-state index is -1.18. The molecule has 8 nitrogen and oxygen atoms in total. The molecule has 0 bridgehead atoms. The van der Waals surface area contributed by atoms with Crippen molar-refractivity contribution in [2.75, 3.05) is 13.7 Å². The Morgan fingerprint density at radius 1 is 1.62 bits per heavy atom. The topological polar surface area (TPSA) is 117 Å². The van der Waals surface area contributed by atoms with E-state index >= 15 is 0 Å². The maximum atomic E-state index is 11.5. The monoisotopic (exact) mass is 228 g/mol. The van der Waals surface area contributed by atoms with Gasteiger partial charge in [-0.05, 0) is 6.92 Å². The molecule has 8 heteroatoms. The molecule has 0 radical (unpaired) electrons. The smallest absolute Gasteiger partial charge is 0.328 e. The molecular formula is C8H12N4O4. The standard InChI is InChI=1S/C8H12N4O4/c1-4-9-6(12-11-4)7(13)10-5(3-16-2)8(14)15/h5H,3H2,1-2H3,(H,10,13)(H,14,15)(H,9,11,12). The zero-order chi connectivity index (χ0) is 12.1. The van der Waals surface area contributed by atoms with Crippen molar-refractivity contribution in [1.29, 1.82) is 0 Å². The first kappa shape index (κ1) is 12.1. The van der Waals surface area contributed by atoms with Crippen LogP contribution in [0.25, 0.3) is 0 Å². The molecule has 1 rings (SSSR count). The Hall–Kier alpha value is -1.96. The van der Waals surface area contributed by atoms with Gasteiger partial charge in [0.2, 0.25) is 5.82 Å². The number of H-pyrrole nitrogens is 1. The fourth-order valence-electron chi connectivity index (χ4n) is 1.01. The molecule has 1 unspecified atom stereocenters. The van der Waals surface area contributed by atoms with E-state index in [0.29, 0.717) is 5.82 Å². The number of hydrogen-bond donors (Lipinski definition) is 3. The number of nitrogens with zero attached hydrogens (tertiary/aromatic N) is 2. The van der Waals surface area contributed by atoms with Gasteiger partial charge >= 0.3 is 5.97 Å². The molecule has 1 atom stereocenters. The van der Waals surface area contributed by atoms with Gasteiger partial charge in [0.05, 0.1) is 6.61 Å². The Labute approximate surface area is 91.0 Å². The van der Waals surface area contributed by atoms with Gasteiger partial charge in [-0.2, -0.15) is 0 Å². The van der Waals surface area contributed by atoms with E-state index in [1.54, 1.807) is 6.92 Å². The van der Waals surface area contributed by atoms with Crippen LogP contribution in [0.15, 0.2) is 0 Å². The molecule has 88 valence electrons. The van der Waals surface area contributed by atoms with Gasteiger partial charge < -0.3 is 15.2 Å². The van der Waals surface area contributed by atoms with Crippen molar-refractivity contribution in [1.82, 2.24) is 20.5 Å². The highest BCUT2D eigenvalue weighted by atomic mass is 16.5. The third-order valence-electron chi connectivity index (χ3n) is 1.74. The van der Waals surface area contributed by atoms with Crippen molar-refractivity contribution in [3.63, 3.8) is 0 Å². The Morgan fingerprint density at radius 3 is 2.75 bits per heavy atom. The maximum Gasteiger partial charge on any atom is 0.328 e. The molecule has 0 aromatic carbocycles. The summed E-state index contributed by atoms with van der Waals surface area (Å²) in [7, 11) is 1.35. The summed E-state index contributed by atoms with van der Waals surface area (Å²) in [5.74, 6) is -1.46. The summed E-state index contributed by atoms with van der Waals surface area (Å²) in [4.78, 5) is 26.0. The first-order chi connectivity index (χ1) is 7.54. The van der Waals surface area contributed by atoms with E-state index in [1.807, 2.05) is 0 Å². The van der Waals surface area contributed by atoms with Crippen LogP contribution in [-0.4, -0.2) is 51.9 Å². The number of carboxylic acids is 1. The molecule has 0 saturated carbocycles. The number of carbonyl (C=O) groups is 2. The van der Waals surface area contributed by atoms with Crippen molar-refractivity contribution in [2.45, 2.75) is 13.0 Å². The van der Waals surface area contributed by atoms with Gasteiger partial charge in [-0.3, -0.25) is 9.89 Å². The number of ether oxygens (including phenoxy) is 1. The number of aromatic nitrogens is 3. The first-order valence-electron chi connectivity index (χ1n) is 4.46. The number of rotatable bonds is 5. The molecule has 0 aliphatic rings. The van der Waals surface area contributed by atoms with Gasteiger partial charge in [0.15, 0.2) is 6.04 Å². The van der Waals surface area contributed by atoms with Crippen molar-refractivity contribution in [3.05, 3.63) is 11.6 Å². The zero-order valence-electron chi connectivity index (χ0n) is 8.85. The second-order valence-electron chi connectivity index (χ2n) is 3.06. The van der Waals surface area contributed by atoms with Crippen LogP contribution in [-0.2, 0) is 9.53 Å². The summed E-state index contributed by atoms with van der Waals surface area (Å²) in [6.45, 7) is 1.51. The van der Waals surface area contributed by atoms with Gasteiger partial charge in [-0.1, -0.05) is 0 Å². The van der Waals surface area contributed by atoms with Crippen LogP contribution in [0.3, 0.4) is 0 Å². The summed E-state index contributed by atoms with van der Waals surface area (Å²) in [6, 6.07) is -1.11. The lowest BCUT2D eigenvalue weighted by atomic mass is 10.3. The summed E-state index contributed by atoms with van der Waals surface area (Å²) in [5, 5.41) is 17.1. The van der Waals surface area contributed by atoms with Crippen molar-refractivity contribution in [3.8, 4) is 0 Å². The zero-order valence-corrected chi connectivity index (χ0v) is 8.85. The van der Waals surface area contributed by atoms with Gasteiger partial charge in [-0.25, -0.2) is 9.78 Å². The third kappa shape index (κ3) is 3.02. The summed E-state index contributed by atoms with van der Waals surface area (Å²) in [5.41, 5.74) is 0. The number of nitrogens with one attached hydrogen (secondary N) is 2. The van der Waals surface area contributed by atoms with Crippen LogP contribution >= 0.6 is 0 Å². The molecule has 0 fully saturated rings. The average Bonchev–Trinajstić information content (AvgIpc) is 2.64. The number of aryl methyl sites for hydroxylation is 1. The normalized spacial score (nSPS) is 12.1. The van der Waals surface area contributed by atoms with E-state index in [2.05, 4.69) is 25.2 Å². The van der Waals surface area contributed by atoms with E-state index in [0.717, 1.165) is 0 Å². The number of carboxylic acid groups (broad SMARTS) is 1. The largest absolute Gasteiger partial charge is 0.480 e. The summed E-state index contributed by atoms with van der Waals surface area (Å²) >= 11 is 0. The summed E-state index contributed by atoms with van der Waals surface area (Å²) in [6.07, 6.45) is 0. The van der Waals surface area contributed by atoms with E-state index in [1.165, 1.54) is 7.11 Å². The predicted octanol–water partition coefficient (Wildman–Crippen LogP) is -1.06. The lowest BCUT2D eigenvalue weighted by Crippen LogP contribution is -2.44. The second-order valence-corrected chi connectivity index (χ2v) is 3.06. The fourth-order valence-corrected chi connectivity index (χ4v) is 1.01. The Bertz CT molecular complexity index is 389. The van der Waals surface area contributed by atoms with E-state index in [9.17, 15) is 9.59 Å². The molecule has 0 aliphatic carbocycles. The number of aromatic amines is 1. The SMILES string of the molecule is COCC(NC(=O)c1n[nH]c(C)n1)C(=O)O. The highest BCUT2D eigenvalue weighted by Crippen LogP contribution is 1.93. The lowest BCUT2D eigenvalue weighted by molar-refractivity contribution is -0.140. The number of hydrogen-bond acceptors (Lipinski definition) is 5. The van der Waals surface area contributed by atoms with Gasteiger partial charge in [0.25, 0.3) is 5.91 Å². The minimum absolute atomic E-state index is 0.0974. The number of amides is 1. The van der Waals surface area contributed by atoms with E-state index in [4.69, 9.17) is 5.11 Å². The lowest BCUT2D eigenvalue weighted by Gasteiger charge is -2.11. The summed E-state index contributed by atoms with van der Waals surface area (Å²) < 4.78 is 4.66. The molecule has 3 N–H and O–H groups in total. The molecule has 0 aliphatic heterocycles. The van der Waals surface area contributed by atoms with Crippen LogP contribution in [0.4, 0.5) is 0 Å². The van der Waals surface area contributed by atoms with Crippen LogP contribution in [0.1, 0.15) is 16.4 Å². The first-order valence-corrected chi connectivity index (χ1v) is 4.46. The number of methoxy groups -OCH3 is 1. The van der Waals surface area contributed by atoms with Crippen molar-refractivity contribution >= 4 is 11.9 Å². The second kappa shape index (κ2) is 5.21. The van der Waals surface area contributed by atoms with Crippen LogP contribution in [0.2, 0.25) is 0 Å². The minimum Gasteiger partial charge on any atom is -0.480 e. The van der Waals surface area contributed by atoms with E-state index in [-0.39, 0.29) is 12.4 Å². The van der Waals surface area contributed by atoms with Crippen LogP contribution < -0.4 is 5.32 Å². The molecule has 1 amide bonds. The number of carbonyl (C=O) groups excluding carboxylic acids is 1. The van der Waals surface area contributed by atoms with Crippen LogP contribution in [0.5, 0.6) is 0 Å². The predicted molar refractivity (Wildman–Crippen MR) is 51.9 cm³/mol. The maximum absolute atomic E-state index is 11.5. The van der Waals surface area contributed by atoms with Crippen molar-refractivity contribution < 1.29 is 19.4 Å². The fraction of sp³-hybridized carbons (Fsp3) is 0.500. The average molecular weight is 228 g/mol. The molecule has 1 aromatic rings. The highest BCUT2D eigenvalue weighted by Gasteiger charge is 2.22. The Balaban J connectivity index is 2.65. The number of aliphatic carboxylic acids is 1. The molecule has 16 heavy (non-hydrogen) atoms. The van der Waals surface area contributed by atoms with Crippen molar-refractivity contribution in [2.24, 2.45) is 0 Å². The quantitative estimate of drug-likeness (QED) is 0.591. The van der Waals surface area contributed by atoms with E-state index < -0.39 is 17.9 Å². The molecule has 1 heterocycles.